The van der Waals surface area contributed by atoms with E-state index in [4.69, 9.17) is 0 Å². The van der Waals surface area contributed by atoms with Crippen molar-refractivity contribution in [2.24, 2.45) is 0 Å². The van der Waals surface area contributed by atoms with Gasteiger partial charge in [-0.15, -0.1) is 0 Å². The van der Waals surface area contributed by atoms with E-state index in [-0.39, 0.29) is 0 Å². The van der Waals surface area contributed by atoms with Crippen LogP contribution < -0.4 is 0 Å². The van der Waals surface area contributed by atoms with E-state index in [1.807, 2.05) is 0 Å². The molecule has 0 amide bonds. The first kappa shape index (κ1) is 10.2. The molecule has 0 saturated carbocycles. The summed E-state index contributed by atoms with van der Waals surface area (Å²) in [7, 11) is 4.30. The maximum atomic E-state index is 3.63. The fourth-order valence-corrected chi connectivity index (χ4v) is 2.91. The van der Waals surface area contributed by atoms with Crippen molar-refractivity contribution in [2.75, 3.05) is 20.6 Å². The van der Waals surface area contributed by atoms with Crippen molar-refractivity contribution in [1.82, 2.24) is 4.90 Å². The summed E-state index contributed by atoms with van der Waals surface area (Å²) >= 11 is 3.63. The predicted octanol–water partition coefficient (Wildman–Crippen LogP) is 3.04. The molecule has 1 atom stereocenters. The highest BCUT2D eigenvalue weighted by molar-refractivity contribution is 9.10. The molecule has 1 aliphatic carbocycles. The van der Waals surface area contributed by atoms with Crippen LogP contribution in [0.15, 0.2) is 22.7 Å². The monoisotopic (exact) mass is 253 g/mol. The molecule has 0 saturated heterocycles. The second-order valence-corrected chi connectivity index (χ2v) is 5.16. The summed E-state index contributed by atoms with van der Waals surface area (Å²) in [4.78, 5) is 2.28. The predicted molar refractivity (Wildman–Crippen MR) is 63.8 cm³/mol. The Bertz CT molecular complexity index is 333. The topological polar surface area (TPSA) is 3.24 Å². The Morgan fingerprint density at radius 1 is 1.43 bits per heavy atom. The number of likely N-dealkylation sites (N-methyl/N-ethyl adjacent to an activating group) is 1. The standard InChI is InChI=1S/C12H16BrN/c1-14(2)8-9-6-7-11-10(9)4-3-5-12(11)13/h3-5,9H,6-8H2,1-2H3. The minimum Gasteiger partial charge on any atom is -0.309 e. The summed E-state index contributed by atoms with van der Waals surface area (Å²) < 4.78 is 1.29. The molecule has 14 heavy (non-hydrogen) atoms. The minimum absolute atomic E-state index is 0.734. The van der Waals surface area contributed by atoms with E-state index >= 15 is 0 Å². The van der Waals surface area contributed by atoms with Gasteiger partial charge in [-0.2, -0.15) is 0 Å². The number of halogens is 1. The third kappa shape index (κ3) is 1.86. The lowest BCUT2D eigenvalue weighted by Gasteiger charge is -2.17. The van der Waals surface area contributed by atoms with Gasteiger partial charge in [-0.25, -0.2) is 0 Å². The lowest BCUT2D eigenvalue weighted by molar-refractivity contribution is 0.372. The molecule has 1 aromatic rings. The Morgan fingerprint density at radius 3 is 2.93 bits per heavy atom. The zero-order valence-corrected chi connectivity index (χ0v) is 10.3. The summed E-state index contributed by atoms with van der Waals surface area (Å²) in [6, 6.07) is 6.58. The van der Waals surface area contributed by atoms with Crippen LogP contribution >= 0.6 is 15.9 Å². The molecule has 1 aromatic carbocycles. The highest BCUT2D eigenvalue weighted by Crippen LogP contribution is 2.37. The van der Waals surface area contributed by atoms with Crippen molar-refractivity contribution in [3.63, 3.8) is 0 Å². The molecule has 0 fully saturated rings. The van der Waals surface area contributed by atoms with Crippen LogP contribution in [0.1, 0.15) is 23.5 Å². The number of rotatable bonds is 2. The van der Waals surface area contributed by atoms with Gasteiger partial charge in [-0.05, 0) is 50.0 Å². The molecule has 0 heterocycles. The Labute approximate surface area is 94.2 Å². The van der Waals surface area contributed by atoms with Gasteiger partial charge >= 0.3 is 0 Å². The molecule has 2 heteroatoms. The molecule has 0 bridgehead atoms. The number of nitrogens with zero attached hydrogens (tertiary/aromatic N) is 1. The van der Waals surface area contributed by atoms with Gasteiger partial charge in [0.25, 0.3) is 0 Å². The molecule has 1 aliphatic rings. The van der Waals surface area contributed by atoms with Crippen LogP contribution in [0.4, 0.5) is 0 Å². The molecular weight excluding hydrogens is 238 g/mol. The van der Waals surface area contributed by atoms with Crippen molar-refractivity contribution in [1.29, 1.82) is 0 Å². The lowest BCUT2D eigenvalue weighted by atomic mass is 10.0. The number of fused-ring (bicyclic) bond motifs is 1. The zero-order chi connectivity index (χ0) is 10.1. The Balaban J connectivity index is 2.26. The second-order valence-electron chi connectivity index (χ2n) is 4.31. The largest absolute Gasteiger partial charge is 0.309 e. The smallest absolute Gasteiger partial charge is 0.0210 e. The van der Waals surface area contributed by atoms with E-state index in [0.29, 0.717) is 0 Å². The maximum absolute atomic E-state index is 3.63. The Kier molecular flexibility index (Phi) is 2.93. The van der Waals surface area contributed by atoms with Crippen LogP contribution in [0, 0.1) is 0 Å². The van der Waals surface area contributed by atoms with Crippen LogP contribution in [0.2, 0.25) is 0 Å². The number of hydrogen-bond donors (Lipinski definition) is 0. The maximum Gasteiger partial charge on any atom is 0.0210 e. The molecule has 0 spiro atoms. The first-order valence-electron chi connectivity index (χ1n) is 5.10. The van der Waals surface area contributed by atoms with E-state index in [1.165, 1.54) is 29.4 Å². The Morgan fingerprint density at radius 2 is 2.21 bits per heavy atom. The molecule has 0 aromatic heterocycles. The van der Waals surface area contributed by atoms with Gasteiger partial charge in [0, 0.05) is 11.0 Å². The van der Waals surface area contributed by atoms with Crippen LogP contribution in [0.25, 0.3) is 0 Å². The van der Waals surface area contributed by atoms with Crippen LogP contribution in [0.3, 0.4) is 0 Å². The molecule has 2 rings (SSSR count). The molecular formula is C12H16BrN. The summed E-state index contributed by atoms with van der Waals surface area (Å²) in [6.45, 7) is 1.17. The van der Waals surface area contributed by atoms with Gasteiger partial charge in [-0.1, -0.05) is 28.1 Å². The van der Waals surface area contributed by atoms with Gasteiger partial charge in [0.15, 0.2) is 0 Å². The van der Waals surface area contributed by atoms with Crippen molar-refractivity contribution in [3.05, 3.63) is 33.8 Å². The molecule has 1 nitrogen and oxygen atoms in total. The molecule has 0 N–H and O–H groups in total. The van der Waals surface area contributed by atoms with Gasteiger partial charge in [0.05, 0.1) is 0 Å². The second kappa shape index (κ2) is 4.03. The van der Waals surface area contributed by atoms with Gasteiger partial charge < -0.3 is 4.90 Å². The summed E-state index contributed by atoms with van der Waals surface area (Å²) in [5.41, 5.74) is 3.08. The summed E-state index contributed by atoms with van der Waals surface area (Å²) in [5.74, 6) is 0.734. The van der Waals surface area contributed by atoms with Crippen LogP contribution in [-0.2, 0) is 6.42 Å². The Hall–Kier alpha value is -0.340. The summed E-state index contributed by atoms with van der Waals surface area (Å²) in [6.07, 6.45) is 2.53. The van der Waals surface area contributed by atoms with Crippen LogP contribution in [0.5, 0.6) is 0 Å². The average Bonchev–Trinajstić information content (AvgIpc) is 2.49. The fourth-order valence-electron chi connectivity index (χ4n) is 2.33. The fraction of sp³-hybridized carbons (Fsp3) is 0.500. The van der Waals surface area contributed by atoms with E-state index in [1.54, 1.807) is 5.56 Å². The van der Waals surface area contributed by atoms with E-state index < -0.39 is 0 Å². The molecule has 0 radical (unpaired) electrons. The average molecular weight is 254 g/mol. The summed E-state index contributed by atoms with van der Waals surface area (Å²) in [5, 5.41) is 0. The van der Waals surface area contributed by atoms with Crippen molar-refractivity contribution in [2.45, 2.75) is 18.8 Å². The van der Waals surface area contributed by atoms with Crippen molar-refractivity contribution < 1.29 is 0 Å². The molecule has 0 aliphatic heterocycles. The van der Waals surface area contributed by atoms with Crippen molar-refractivity contribution in [3.8, 4) is 0 Å². The quantitative estimate of drug-likeness (QED) is 0.784. The highest BCUT2D eigenvalue weighted by Gasteiger charge is 2.23. The zero-order valence-electron chi connectivity index (χ0n) is 8.76. The SMILES string of the molecule is CN(C)CC1CCc2c(Br)cccc21. The first-order chi connectivity index (χ1) is 6.68. The van der Waals surface area contributed by atoms with E-state index in [0.717, 1.165) is 5.92 Å². The number of hydrogen-bond acceptors (Lipinski definition) is 1. The van der Waals surface area contributed by atoms with E-state index in [2.05, 4.69) is 53.1 Å². The minimum atomic E-state index is 0.734. The normalized spacial score (nSPS) is 20.1. The molecule has 76 valence electrons. The van der Waals surface area contributed by atoms with Gasteiger partial charge in [0.1, 0.15) is 0 Å². The molecule has 1 unspecified atom stereocenters. The van der Waals surface area contributed by atoms with E-state index in [9.17, 15) is 0 Å². The van der Waals surface area contributed by atoms with Gasteiger partial charge in [-0.3, -0.25) is 0 Å². The van der Waals surface area contributed by atoms with Crippen LogP contribution in [-0.4, -0.2) is 25.5 Å². The highest BCUT2D eigenvalue weighted by atomic mass is 79.9. The van der Waals surface area contributed by atoms with Crippen molar-refractivity contribution >= 4 is 15.9 Å². The lowest BCUT2D eigenvalue weighted by Crippen LogP contribution is -2.18. The number of benzene rings is 1. The third-order valence-electron chi connectivity index (χ3n) is 2.92. The first-order valence-corrected chi connectivity index (χ1v) is 5.90. The van der Waals surface area contributed by atoms with Gasteiger partial charge in [0.2, 0.25) is 0 Å². The third-order valence-corrected chi connectivity index (χ3v) is 3.67.